The van der Waals surface area contributed by atoms with E-state index in [2.05, 4.69) is 17.1 Å². The number of nitrogens with zero attached hydrogens (tertiary/aromatic N) is 2. The minimum Gasteiger partial charge on any atom is -0.491 e. The maximum absolute atomic E-state index is 12.6. The molecule has 0 aliphatic heterocycles. The van der Waals surface area contributed by atoms with E-state index in [1.54, 1.807) is 51.6 Å². The molecule has 0 spiro atoms. The van der Waals surface area contributed by atoms with E-state index in [1.807, 2.05) is 0 Å². The lowest BCUT2D eigenvalue weighted by Crippen LogP contribution is -2.21. The van der Waals surface area contributed by atoms with Gasteiger partial charge in [0.1, 0.15) is 12.4 Å². The molecule has 6 nitrogen and oxygen atoms in total. The van der Waals surface area contributed by atoms with Gasteiger partial charge in [-0.25, -0.2) is 5.01 Å². The van der Waals surface area contributed by atoms with Gasteiger partial charge in [-0.2, -0.15) is 5.10 Å². The lowest BCUT2D eigenvalue weighted by atomic mass is 10.1. The van der Waals surface area contributed by atoms with Crippen LogP contribution in [0.4, 0.5) is 0 Å². The monoisotopic (exact) mass is 351 g/mol. The molecule has 0 saturated carbocycles. The highest BCUT2D eigenvalue weighted by atomic mass is 35.5. The number of allylic oxidation sites excluding steroid dienone is 2. The van der Waals surface area contributed by atoms with Crippen molar-refractivity contribution < 1.29 is 14.3 Å². The third-order valence-corrected chi connectivity index (χ3v) is 3.29. The van der Waals surface area contributed by atoms with Gasteiger partial charge in [0, 0.05) is 27.1 Å². The van der Waals surface area contributed by atoms with Crippen LogP contribution in [0.15, 0.2) is 41.8 Å². The molecule has 1 N–H and O–H groups in total. The molecule has 1 aromatic rings. The minimum absolute atomic E-state index is 0.292. The Bertz CT molecular complexity index is 607. The van der Waals surface area contributed by atoms with Crippen molar-refractivity contribution in [2.24, 2.45) is 5.10 Å². The maximum atomic E-state index is 12.6. The van der Waals surface area contributed by atoms with E-state index >= 15 is 0 Å². The summed E-state index contributed by atoms with van der Waals surface area (Å²) in [6.07, 6.45) is 6.61. The van der Waals surface area contributed by atoms with Crippen LogP contribution in [-0.2, 0) is 4.74 Å². The number of amides is 1. The molecular formula is C17H22ClN3O3. The second-order valence-electron chi connectivity index (χ2n) is 4.72. The smallest absolute Gasteiger partial charge is 0.279 e. The van der Waals surface area contributed by atoms with Crippen LogP contribution in [0.5, 0.6) is 5.75 Å². The summed E-state index contributed by atoms with van der Waals surface area (Å²) in [6.45, 7) is 6.07. The first-order valence-electron chi connectivity index (χ1n) is 7.27. The van der Waals surface area contributed by atoms with Crippen molar-refractivity contribution in [3.05, 3.63) is 52.8 Å². The normalized spacial score (nSPS) is 11.0. The fourth-order valence-corrected chi connectivity index (χ4v) is 2.22. The van der Waals surface area contributed by atoms with Crippen molar-refractivity contribution in [1.29, 1.82) is 0 Å². The summed E-state index contributed by atoms with van der Waals surface area (Å²) in [7, 11) is 3.37. The SMILES string of the molecule is C=NN(/C=C/C=C\NC)C(=O)c1c(C)cc(OCCOC)cc1Cl. The van der Waals surface area contributed by atoms with Crippen LogP contribution in [0.3, 0.4) is 0 Å². The van der Waals surface area contributed by atoms with Crippen molar-refractivity contribution in [3.8, 4) is 5.75 Å². The van der Waals surface area contributed by atoms with Crippen LogP contribution < -0.4 is 10.1 Å². The molecule has 7 heteroatoms. The standard InChI is InChI=1S/C17H22ClN3O3/c1-13-11-14(24-10-9-23-4)12-15(18)16(13)17(22)21(20-3)8-6-5-7-19-2/h5-8,11-12,19H,3,9-10H2,1-2,4H3/b7-5-,8-6+. The fourth-order valence-electron chi connectivity index (χ4n) is 1.89. The average molecular weight is 352 g/mol. The number of carbonyl (C=O) groups excluding carboxylic acids is 1. The maximum Gasteiger partial charge on any atom is 0.279 e. The molecule has 1 aromatic carbocycles. The third kappa shape index (κ3) is 5.72. The zero-order valence-corrected chi connectivity index (χ0v) is 14.8. The van der Waals surface area contributed by atoms with Gasteiger partial charge in [0.2, 0.25) is 0 Å². The topological polar surface area (TPSA) is 63.2 Å². The molecule has 0 bridgehead atoms. The predicted molar refractivity (Wildman–Crippen MR) is 96.6 cm³/mol. The molecule has 0 radical (unpaired) electrons. The Balaban J connectivity index is 2.98. The molecule has 0 aliphatic carbocycles. The molecule has 0 aliphatic rings. The summed E-state index contributed by atoms with van der Waals surface area (Å²) in [4.78, 5) is 12.6. The van der Waals surface area contributed by atoms with Crippen LogP contribution in [0.2, 0.25) is 5.02 Å². The Morgan fingerprint density at radius 1 is 1.42 bits per heavy atom. The number of aryl methyl sites for hydroxylation is 1. The molecule has 0 atom stereocenters. The Morgan fingerprint density at radius 2 is 2.17 bits per heavy atom. The number of hydrazone groups is 1. The van der Waals surface area contributed by atoms with Gasteiger partial charge in [0.15, 0.2) is 0 Å². The van der Waals surface area contributed by atoms with Crippen LogP contribution in [0.1, 0.15) is 15.9 Å². The summed E-state index contributed by atoms with van der Waals surface area (Å²) in [5, 5.41) is 7.97. The van der Waals surface area contributed by atoms with E-state index < -0.39 is 0 Å². The molecule has 1 rings (SSSR count). The fraction of sp³-hybridized carbons (Fsp3) is 0.294. The molecule has 24 heavy (non-hydrogen) atoms. The largest absolute Gasteiger partial charge is 0.491 e. The van der Waals surface area contributed by atoms with Crippen LogP contribution in [0.25, 0.3) is 0 Å². The summed E-state index contributed by atoms with van der Waals surface area (Å²) in [6, 6.07) is 3.35. The summed E-state index contributed by atoms with van der Waals surface area (Å²) in [5.74, 6) is 0.210. The minimum atomic E-state index is -0.370. The van der Waals surface area contributed by atoms with Crippen molar-refractivity contribution >= 4 is 24.2 Å². The second-order valence-corrected chi connectivity index (χ2v) is 5.13. The lowest BCUT2D eigenvalue weighted by molar-refractivity contribution is 0.0826. The molecule has 130 valence electrons. The summed E-state index contributed by atoms with van der Waals surface area (Å²) < 4.78 is 10.5. The van der Waals surface area contributed by atoms with Gasteiger partial charge >= 0.3 is 0 Å². The highest BCUT2D eigenvalue weighted by Crippen LogP contribution is 2.28. The van der Waals surface area contributed by atoms with Crippen molar-refractivity contribution in [1.82, 2.24) is 10.3 Å². The Labute approximate surface area is 147 Å². The highest BCUT2D eigenvalue weighted by molar-refractivity contribution is 6.34. The van der Waals surface area contributed by atoms with Gasteiger partial charge in [-0.05, 0) is 43.0 Å². The van der Waals surface area contributed by atoms with E-state index in [4.69, 9.17) is 21.1 Å². The van der Waals surface area contributed by atoms with Crippen molar-refractivity contribution in [3.63, 3.8) is 0 Å². The Kier molecular flexibility index (Phi) is 8.60. The number of rotatable bonds is 9. The molecule has 0 unspecified atom stereocenters. The van der Waals surface area contributed by atoms with Gasteiger partial charge < -0.3 is 14.8 Å². The molecule has 0 heterocycles. The number of hydrogen-bond donors (Lipinski definition) is 1. The first-order chi connectivity index (χ1) is 11.5. The second kappa shape index (κ2) is 10.5. The molecule has 0 saturated heterocycles. The number of carbonyl (C=O) groups is 1. The van der Waals surface area contributed by atoms with Crippen LogP contribution in [-0.4, -0.2) is 45.0 Å². The number of hydrogen-bond acceptors (Lipinski definition) is 5. The summed E-state index contributed by atoms with van der Waals surface area (Å²) >= 11 is 6.26. The Hall–Kier alpha value is -2.31. The van der Waals surface area contributed by atoms with Gasteiger partial charge in [0.25, 0.3) is 5.91 Å². The predicted octanol–water partition coefficient (Wildman–Crippen LogP) is 2.98. The zero-order valence-electron chi connectivity index (χ0n) is 14.1. The first-order valence-corrected chi connectivity index (χ1v) is 7.65. The number of nitrogens with one attached hydrogen (secondary N) is 1. The van der Waals surface area contributed by atoms with Crippen LogP contribution in [0, 0.1) is 6.92 Å². The van der Waals surface area contributed by atoms with Gasteiger partial charge in [-0.3, -0.25) is 4.79 Å². The number of benzene rings is 1. The van der Waals surface area contributed by atoms with E-state index in [1.165, 1.54) is 6.20 Å². The quantitative estimate of drug-likeness (QED) is 0.321. The van der Waals surface area contributed by atoms with Gasteiger partial charge in [-0.1, -0.05) is 11.6 Å². The van der Waals surface area contributed by atoms with E-state index in [0.717, 1.165) is 5.01 Å². The number of halogens is 1. The first kappa shape index (κ1) is 19.7. The van der Waals surface area contributed by atoms with Gasteiger partial charge in [0.05, 0.1) is 17.2 Å². The van der Waals surface area contributed by atoms with E-state index in [0.29, 0.717) is 35.1 Å². The summed E-state index contributed by atoms with van der Waals surface area (Å²) in [5.41, 5.74) is 1.04. The third-order valence-electron chi connectivity index (χ3n) is 2.99. The van der Waals surface area contributed by atoms with Crippen molar-refractivity contribution in [2.75, 3.05) is 27.4 Å². The molecular weight excluding hydrogens is 330 g/mol. The number of ether oxygens (including phenoxy) is 2. The van der Waals surface area contributed by atoms with Crippen LogP contribution >= 0.6 is 11.6 Å². The Morgan fingerprint density at radius 3 is 2.75 bits per heavy atom. The molecule has 1 amide bonds. The lowest BCUT2D eigenvalue weighted by Gasteiger charge is -2.16. The van der Waals surface area contributed by atoms with Crippen molar-refractivity contribution in [2.45, 2.75) is 6.92 Å². The average Bonchev–Trinajstić information content (AvgIpc) is 2.54. The van der Waals surface area contributed by atoms with E-state index in [-0.39, 0.29) is 5.91 Å². The number of methoxy groups -OCH3 is 1. The highest BCUT2D eigenvalue weighted by Gasteiger charge is 2.19. The van der Waals surface area contributed by atoms with Gasteiger partial charge in [-0.15, -0.1) is 0 Å². The zero-order chi connectivity index (χ0) is 17.9. The molecule has 0 fully saturated rings. The molecule has 0 aromatic heterocycles. The van der Waals surface area contributed by atoms with E-state index in [9.17, 15) is 4.79 Å².